The van der Waals surface area contributed by atoms with Crippen LogP contribution in [0.5, 0.6) is 0 Å². The van der Waals surface area contributed by atoms with E-state index in [1.54, 1.807) is 0 Å². The molecule has 3 atom stereocenters. The summed E-state index contributed by atoms with van der Waals surface area (Å²) in [5, 5.41) is 4.28. The van der Waals surface area contributed by atoms with Crippen LogP contribution in [-0.4, -0.2) is 38.6 Å². The lowest BCUT2D eigenvalue weighted by molar-refractivity contribution is -0.128. The number of fused-ring (bicyclic) bond motifs is 2. The minimum absolute atomic E-state index is 0.465. The number of ketones is 1. The van der Waals surface area contributed by atoms with E-state index in [9.17, 15) is 4.79 Å². The Labute approximate surface area is 108 Å². The van der Waals surface area contributed by atoms with Gasteiger partial charge in [-0.1, -0.05) is 6.42 Å². The molecule has 0 radical (unpaired) electrons. The summed E-state index contributed by atoms with van der Waals surface area (Å²) in [6, 6.07) is 3.40. The third-order valence-corrected chi connectivity index (χ3v) is 4.36. The Kier molecular flexibility index (Phi) is 3.20. The minimum atomic E-state index is 0.465. The van der Waals surface area contributed by atoms with E-state index in [0.717, 1.165) is 19.4 Å². The first-order valence-corrected chi connectivity index (χ1v) is 7.00. The highest BCUT2D eigenvalue weighted by Crippen LogP contribution is 2.34. The molecule has 2 fully saturated rings. The fourth-order valence-corrected chi connectivity index (χ4v) is 3.70. The summed E-state index contributed by atoms with van der Waals surface area (Å²) < 4.78 is 2.00. The topological polar surface area (TPSA) is 38.1 Å². The molecule has 0 aliphatic carbocycles. The number of hydrogen-bond acceptors (Lipinski definition) is 3. The summed E-state index contributed by atoms with van der Waals surface area (Å²) in [6.45, 7) is 3.19. The van der Waals surface area contributed by atoms with Gasteiger partial charge in [0.25, 0.3) is 0 Å². The van der Waals surface area contributed by atoms with E-state index < -0.39 is 0 Å². The normalized spacial score (nSPS) is 30.4. The molecule has 3 rings (SSSR count). The standard InChI is InChI=1S/C14H21N3O/c1-11(10-16-7-3-6-15-16)17-12-4-2-5-13(17)9-14(18)8-12/h3,6-7,11-13H,2,4-5,8-10H2,1H3. The van der Waals surface area contributed by atoms with E-state index in [1.807, 2.05) is 23.1 Å². The number of piperidine rings is 2. The van der Waals surface area contributed by atoms with Crippen molar-refractivity contribution in [3.05, 3.63) is 18.5 Å². The zero-order chi connectivity index (χ0) is 12.5. The highest BCUT2D eigenvalue weighted by atomic mass is 16.1. The molecule has 1 aromatic rings. The molecule has 98 valence electrons. The fourth-order valence-electron chi connectivity index (χ4n) is 3.70. The molecule has 4 heteroatoms. The first-order valence-electron chi connectivity index (χ1n) is 7.00. The maximum Gasteiger partial charge on any atom is 0.136 e. The minimum Gasteiger partial charge on any atom is -0.300 e. The maximum atomic E-state index is 11.7. The van der Waals surface area contributed by atoms with Crippen LogP contribution in [0.15, 0.2) is 18.5 Å². The molecular formula is C14H21N3O. The van der Waals surface area contributed by atoms with Crippen LogP contribution in [0.2, 0.25) is 0 Å². The molecule has 0 saturated carbocycles. The Morgan fingerprint density at radius 1 is 1.39 bits per heavy atom. The van der Waals surface area contributed by atoms with E-state index >= 15 is 0 Å². The lowest BCUT2D eigenvalue weighted by Gasteiger charge is -2.48. The zero-order valence-corrected chi connectivity index (χ0v) is 11.0. The van der Waals surface area contributed by atoms with Gasteiger partial charge in [-0.05, 0) is 25.8 Å². The van der Waals surface area contributed by atoms with Crippen molar-refractivity contribution in [1.82, 2.24) is 14.7 Å². The van der Waals surface area contributed by atoms with Gasteiger partial charge in [-0.2, -0.15) is 5.10 Å². The van der Waals surface area contributed by atoms with Crippen molar-refractivity contribution < 1.29 is 4.79 Å². The van der Waals surface area contributed by atoms with Gasteiger partial charge in [0.1, 0.15) is 5.78 Å². The number of hydrogen-bond donors (Lipinski definition) is 0. The Morgan fingerprint density at radius 2 is 2.11 bits per heavy atom. The molecule has 0 amide bonds. The van der Waals surface area contributed by atoms with Crippen molar-refractivity contribution >= 4 is 5.78 Å². The second-order valence-corrected chi connectivity index (χ2v) is 5.71. The van der Waals surface area contributed by atoms with Gasteiger partial charge in [0.15, 0.2) is 0 Å². The molecule has 1 aromatic heterocycles. The predicted molar refractivity (Wildman–Crippen MR) is 69.2 cm³/mol. The summed E-state index contributed by atoms with van der Waals surface area (Å²) in [6.07, 6.45) is 9.03. The Morgan fingerprint density at radius 3 is 2.72 bits per heavy atom. The van der Waals surface area contributed by atoms with Gasteiger partial charge in [-0.25, -0.2) is 0 Å². The molecule has 3 heterocycles. The van der Waals surface area contributed by atoms with Gasteiger partial charge in [0, 0.05) is 43.4 Å². The van der Waals surface area contributed by atoms with Gasteiger partial charge in [-0.15, -0.1) is 0 Å². The summed E-state index contributed by atoms with van der Waals surface area (Å²) in [5.74, 6) is 0.465. The molecule has 18 heavy (non-hydrogen) atoms. The smallest absolute Gasteiger partial charge is 0.136 e. The van der Waals surface area contributed by atoms with Crippen LogP contribution in [0.3, 0.4) is 0 Å². The first kappa shape index (κ1) is 11.9. The van der Waals surface area contributed by atoms with Crippen molar-refractivity contribution in [2.75, 3.05) is 0 Å². The Hall–Kier alpha value is -1.16. The predicted octanol–water partition coefficient (Wildman–Crippen LogP) is 1.86. The average molecular weight is 247 g/mol. The quantitative estimate of drug-likeness (QED) is 0.818. The van der Waals surface area contributed by atoms with E-state index in [4.69, 9.17) is 0 Å². The summed E-state index contributed by atoms with van der Waals surface area (Å²) in [5.41, 5.74) is 0. The second kappa shape index (κ2) is 4.84. The van der Waals surface area contributed by atoms with Crippen molar-refractivity contribution in [3.63, 3.8) is 0 Å². The van der Waals surface area contributed by atoms with Crippen LogP contribution in [-0.2, 0) is 11.3 Å². The highest BCUT2D eigenvalue weighted by Gasteiger charge is 2.39. The summed E-state index contributed by atoms with van der Waals surface area (Å²) >= 11 is 0. The molecule has 3 unspecified atom stereocenters. The molecule has 4 nitrogen and oxygen atoms in total. The van der Waals surface area contributed by atoms with Crippen molar-refractivity contribution in [2.24, 2.45) is 0 Å². The van der Waals surface area contributed by atoms with E-state index in [-0.39, 0.29) is 0 Å². The molecule has 0 spiro atoms. The number of nitrogens with zero attached hydrogens (tertiary/aromatic N) is 3. The molecule has 2 aliphatic heterocycles. The van der Waals surface area contributed by atoms with Crippen LogP contribution in [0, 0.1) is 0 Å². The van der Waals surface area contributed by atoms with Gasteiger partial charge in [0.05, 0.1) is 6.54 Å². The van der Waals surface area contributed by atoms with Gasteiger partial charge < -0.3 is 0 Å². The summed E-state index contributed by atoms with van der Waals surface area (Å²) in [4.78, 5) is 14.3. The third-order valence-electron chi connectivity index (χ3n) is 4.36. The Balaban J connectivity index is 1.72. The SMILES string of the molecule is CC(Cn1cccn1)N1C2CCCC1CC(=O)C2. The second-order valence-electron chi connectivity index (χ2n) is 5.71. The number of carbonyl (C=O) groups is 1. The van der Waals surface area contributed by atoms with Gasteiger partial charge in [-0.3, -0.25) is 14.4 Å². The molecular weight excluding hydrogens is 226 g/mol. The zero-order valence-electron chi connectivity index (χ0n) is 11.0. The number of Topliss-reactive ketones (excluding diaryl/α,β-unsaturated/α-hetero) is 1. The van der Waals surface area contributed by atoms with Crippen molar-refractivity contribution in [2.45, 2.75) is 63.7 Å². The van der Waals surface area contributed by atoms with Gasteiger partial charge >= 0.3 is 0 Å². The van der Waals surface area contributed by atoms with Crippen LogP contribution >= 0.6 is 0 Å². The molecule has 0 N–H and O–H groups in total. The summed E-state index contributed by atoms with van der Waals surface area (Å²) in [7, 11) is 0. The maximum absolute atomic E-state index is 11.7. The molecule has 2 aliphatic rings. The molecule has 2 saturated heterocycles. The first-order chi connectivity index (χ1) is 8.74. The van der Waals surface area contributed by atoms with Crippen molar-refractivity contribution in [3.8, 4) is 0 Å². The van der Waals surface area contributed by atoms with Gasteiger partial charge in [0.2, 0.25) is 0 Å². The van der Waals surface area contributed by atoms with Crippen LogP contribution in [0.25, 0.3) is 0 Å². The fraction of sp³-hybridized carbons (Fsp3) is 0.714. The van der Waals surface area contributed by atoms with Crippen LogP contribution in [0.4, 0.5) is 0 Å². The molecule has 0 aromatic carbocycles. The molecule has 2 bridgehead atoms. The van der Waals surface area contributed by atoms with E-state index in [2.05, 4.69) is 16.9 Å². The van der Waals surface area contributed by atoms with E-state index in [0.29, 0.717) is 23.9 Å². The lowest BCUT2D eigenvalue weighted by atomic mass is 9.82. The number of aromatic nitrogens is 2. The van der Waals surface area contributed by atoms with Crippen LogP contribution < -0.4 is 0 Å². The average Bonchev–Trinajstić information content (AvgIpc) is 2.80. The largest absolute Gasteiger partial charge is 0.300 e. The monoisotopic (exact) mass is 247 g/mol. The number of carbonyl (C=O) groups excluding carboxylic acids is 1. The third kappa shape index (κ3) is 2.21. The highest BCUT2D eigenvalue weighted by molar-refractivity contribution is 5.80. The number of rotatable bonds is 3. The Bertz CT molecular complexity index is 399. The van der Waals surface area contributed by atoms with E-state index in [1.165, 1.54) is 19.3 Å². The van der Waals surface area contributed by atoms with Crippen molar-refractivity contribution in [1.29, 1.82) is 0 Å². The lowest BCUT2D eigenvalue weighted by Crippen LogP contribution is -2.56. The van der Waals surface area contributed by atoms with Crippen LogP contribution in [0.1, 0.15) is 39.0 Å².